The van der Waals surface area contributed by atoms with Gasteiger partial charge in [-0.05, 0) is 43.5 Å². The normalized spacial score (nSPS) is 19.4. The molecule has 1 heterocycles. The number of hydrogen-bond acceptors (Lipinski definition) is 6. The molecular formula is C21H23N3O6. The highest BCUT2D eigenvalue weighted by molar-refractivity contribution is 5.94. The highest BCUT2D eigenvalue weighted by Gasteiger charge is 2.46. The summed E-state index contributed by atoms with van der Waals surface area (Å²) in [5.41, 5.74) is 2.30. The molecule has 1 fully saturated rings. The van der Waals surface area contributed by atoms with Crippen molar-refractivity contribution in [2.24, 2.45) is 0 Å². The maximum Gasteiger partial charge on any atom is 0.269 e. The Bertz CT molecular complexity index is 961. The Labute approximate surface area is 173 Å². The van der Waals surface area contributed by atoms with Gasteiger partial charge in [0.15, 0.2) is 0 Å². The number of non-ortho nitro benzene ring substituents is 1. The summed E-state index contributed by atoms with van der Waals surface area (Å²) < 4.78 is 5.71. The largest absolute Gasteiger partial charge is 0.489 e. The van der Waals surface area contributed by atoms with Crippen LogP contribution in [0.3, 0.4) is 0 Å². The molecule has 3 rings (SSSR count). The van der Waals surface area contributed by atoms with Gasteiger partial charge in [0.1, 0.15) is 18.4 Å². The molecule has 1 aliphatic heterocycles. The van der Waals surface area contributed by atoms with Crippen molar-refractivity contribution in [3.63, 3.8) is 0 Å². The van der Waals surface area contributed by atoms with E-state index in [0.29, 0.717) is 24.3 Å². The van der Waals surface area contributed by atoms with Crippen molar-refractivity contribution in [1.29, 1.82) is 0 Å². The molecule has 0 radical (unpaired) electrons. The first-order valence-electron chi connectivity index (χ1n) is 9.48. The molecule has 2 amide bonds. The molecule has 9 nitrogen and oxygen atoms in total. The molecular weight excluding hydrogens is 390 g/mol. The van der Waals surface area contributed by atoms with Gasteiger partial charge in [0.25, 0.3) is 11.6 Å². The second kappa shape index (κ2) is 8.50. The van der Waals surface area contributed by atoms with E-state index in [0.717, 1.165) is 5.56 Å². The summed E-state index contributed by atoms with van der Waals surface area (Å²) in [7, 11) is 0. The maximum atomic E-state index is 13.0. The second-order valence-corrected chi connectivity index (χ2v) is 7.47. The first-order chi connectivity index (χ1) is 14.3. The van der Waals surface area contributed by atoms with Gasteiger partial charge in [-0.1, -0.05) is 24.3 Å². The number of carbonyl (C=O) groups is 2. The number of ether oxygens (including phenoxy) is 1. The number of nitrogens with zero attached hydrogens (tertiary/aromatic N) is 2. The van der Waals surface area contributed by atoms with Gasteiger partial charge >= 0.3 is 0 Å². The van der Waals surface area contributed by atoms with Gasteiger partial charge in [-0.15, -0.1) is 0 Å². The van der Waals surface area contributed by atoms with Crippen LogP contribution in [0, 0.1) is 10.1 Å². The van der Waals surface area contributed by atoms with E-state index in [1.165, 1.54) is 17.0 Å². The van der Waals surface area contributed by atoms with Crippen LogP contribution in [-0.4, -0.2) is 39.4 Å². The predicted molar refractivity (Wildman–Crippen MR) is 107 cm³/mol. The van der Waals surface area contributed by atoms with E-state index in [1.54, 1.807) is 48.8 Å². The van der Waals surface area contributed by atoms with Gasteiger partial charge in [0.2, 0.25) is 5.91 Å². The average molecular weight is 413 g/mol. The van der Waals surface area contributed by atoms with Crippen LogP contribution in [0.1, 0.15) is 31.4 Å². The van der Waals surface area contributed by atoms with Crippen molar-refractivity contribution in [3.05, 3.63) is 69.8 Å². The number of likely N-dealkylation sites (tertiary alicyclic amines) is 1. The topological polar surface area (TPSA) is 122 Å². The smallest absolute Gasteiger partial charge is 0.269 e. The molecule has 2 aromatic rings. The van der Waals surface area contributed by atoms with E-state index in [2.05, 4.69) is 0 Å². The van der Waals surface area contributed by atoms with Gasteiger partial charge in [0.05, 0.1) is 10.3 Å². The minimum atomic E-state index is -0.775. The van der Waals surface area contributed by atoms with E-state index >= 15 is 0 Å². The summed E-state index contributed by atoms with van der Waals surface area (Å²) in [5, 5.41) is 19.7. The lowest BCUT2D eigenvalue weighted by molar-refractivity contribution is -0.384. The zero-order valence-electron chi connectivity index (χ0n) is 16.7. The van der Waals surface area contributed by atoms with Crippen molar-refractivity contribution < 1.29 is 24.5 Å². The number of carbonyl (C=O) groups excluding carboxylic acids is 2. The molecule has 1 saturated heterocycles. The fourth-order valence-electron chi connectivity index (χ4n) is 3.59. The standard InChI is InChI=1S/C21H23N3O6/c1-14(19(25)22-27)23-11-10-21(2,20(23)26)16-6-8-18(9-7-16)30-13-15-4-3-5-17(12-15)24(28)29/h3-9,12,14,27H,10-11,13H2,1-2H3,(H,22,25). The fraction of sp³-hybridized carbons (Fsp3) is 0.333. The summed E-state index contributed by atoms with van der Waals surface area (Å²) in [5.74, 6) is -0.231. The molecule has 2 aromatic carbocycles. The lowest BCUT2D eigenvalue weighted by atomic mass is 9.81. The third kappa shape index (κ3) is 4.11. The third-order valence-electron chi connectivity index (χ3n) is 5.56. The molecule has 0 aliphatic carbocycles. The monoisotopic (exact) mass is 413 g/mol. The average Bonchev–Trinajstić information content (AvgIpc) is 3.07. The summed E-state index contributed by atoms with van der Waals surface area (Å²) in [6.07, 6.45) is 0.544. The minimum Gasteiger partial charge on any atom is -0.489 e. The molecule has 0 saturated carbocycles. The number of nitro benzene ring substituents is 1. The lowest BCUT2D eigenvalue weighted by Crippen LogP contribution is -2.47. The van der Waals surface area contributed by atoms with Gasteiger partial charge in [-0.25, -0.2) is 5.48 Å². The van der Waals surface area contributed by atoms with Crippen molar-refractivity contribution >= 4 is 17.5 Å². The Balaban J connectivity index is 1.68. The minimum absolute atomic E-state index is 0.00720. The van der Waals surface area contributed by atoms with Crippen LogP contribution in [0.5, 0.6) is 5.75 Å². The van der Waals surface area contributed by atoms with E-state index in [-0.39, 0.29) is 18.2 Å². The number of nitrogens with one attached hydrogen (secondary N) is 1. The van der Waals surface area contributed by atoms with E-state index in [9.17, 15) is 19.7 Å². The molecule has 0 aromatic heterocycles. The van der Waals surface area contributed by atoms with Crippen LogP contribution >= 0.6 is 0 Å². The van der Waals surface area contributed by atoms with Gasteiger partial charge in [0, 0.05) is 18.7 Å². The molecule has 158 valence electrons. The molecule has 1 aliphatic rings. The predicted octanol–water partition coefficient (Wildman–Crippen LogP) is 2.56. The first kappa shape index (κ1) is 21.3. The van der Waals surface area contributed by atoms with Crippen LogP contribution in [0.4, 0.5) is 5.69 Å². The number of nitro groups is 1. The Morgan fingerprint density at radius 2 is 2.03 bits per heavy atom. The summed E-state index contributed by atoms with van der Waals surface area (Å²) >= 11 is 0. The van der Waals surface area contributed by atoms with E-state index in [1.807, 2.05) is 6.92 Å². The van der Waals surface area contributed by atoms with Crippen molar-refractivity contribution in [2.75, 3.05) is 6.54 Å². The van der Waals surface area contributed by atoms with Crippen molar-refractivity contribution in [2.45, 2.75) is 38.3 Å². The second-order valence-electron chi connectivity index (χ2n) is 7.47. The van der Waals surface area contributed by atoms with Crippen LogP contribution < -0.4 is 10.2 Å². The number of hydrogen-bond donors (Lipinski definition) is 2. The van der Waals surface area contributed by atoms with E-state index < -0.39 is 22.3 Å². The van der Waals surface area contributed by atoms with Gasteiger partial charge in [-0.3, -0.25) is 24.9 Å². The summed E-state index contributed by atoms with van der Waals surface area (Å²) in [6.45, 7) is 3.99. The van der Waals surface area contributed by atoms with Crippen molar-refractivity contribution in [1.82, 2.24) is 10.4 Å². The zero-order valence-corrected chi connectivity index (χ0v) is 16.7. The summed E-state index contributed by atoms with van der Waals surface area (Å²) in [4.78, 5) is 36.5. The van der Waals surface area contributed by atoms with E-state index in [4.69, 9.17) is 9.94 Å². The van der Waals surface area contributed by atoms with Gasteiger partial charge in [-0.2, -0.15) is 0 Å². The Morgan fingerprint density at radius 3 is 2.67 bits per heavy atom. The van der Waals surface area contributed by atoms with Crippen LogP contribution in [0.2, 0.25) is 0 Å². The quantitative estimate of drug-likeness (QED) is 0.409. The highest BCUT2D eigenvalue weighted by atomic mass is 16.6. The SMILES string of the molecule is CC(C(=O)NO)N1CCC(C)(c2ccc(OCc3cccc([N+](=O)[O-])c3)cc2)C1=O. The zero-order chi connectivity index (χ0) is 21.9. The highest BCUT2D eigenvalue weighted by Crippen LogP contribution is 2.37. The number of benzene rings is 2. The third-order valence-corrected chi connectivity index (χ3v) is 5.56. The Kier molecular flexibility index (Phi) is 6.02. The molecule has 9 heteroatoms. The molecule has 2 N–H and O–H groups in total. The molecule has 2 atom stereocenters. The fourth-order valence-corrected chi connectivity index (χ4v) is 3.59. The number of hydroxylamine groups is 1. The van der Waals surface area contributed by atoms with Crippen LogP contribution in [-0.2, 0) is 21.6 Å². The van der Waals surface area contributed by atoms with Crippen LogP contribution in [0.15, 0.2) is 48.5 Å². The Hall–Kier alpha value is -3.46. The lowest BCUT2D eigenvalue weighted by Gasteiger charge is -2.27. The maximum absolute atomic E-state index is 13.0. The number of amides is 2. The molecule has 0 bridgehead atoms. The Morgan fingerprint density at radius 1 is 1.33 bits per heavy atom. The molecule has 0 spiro atoms. The number of rotatable bonds is 7. The van der Waals surface area contributed by atoms with Crippen molar-refractivity contribution in [3.8, 4) is 5.75 Å². The molecule has 2 unspecified atom stereocenters. The van der Waals surface area contributed by atoms with Gasteiger partial charge < -0.3 is 9.64 Å². The summed E-state index contributed by atoms with van der Waals surface area (Å²) in [6, 6.07) is 12.6. The molecule has 30 heavy (non-hydrogen) atoms. The van der Waals surface area contributed by atoms with Crippen LogP contribution in [0.25, 0.3) is 0 Å². The first-order valence-corrected chi connectivity index (χ1v) is 9.48.